The van der Waals surface area contributed by atoms with Crippen molar-refractivity contribution in [1.82, 2.24) is 10.1 Å². The number of nitrogens with one attached hydrogen (secondary N) is 2. The highest BCUT2D eigenvalue weighted by molar-refractivity contribution is 7.93. The maximum atomic E-state index is 13.3. The highest BCUT2D eigenvalue weighted by Gasteiger charge is 2.25. The molecule has 0 amide bonds. The van der Waals surface area contributed by atoms with Crippen molar-refractivity contribution in [1.29, 1.82) is 0 Å². The standard InChI is InChI=1S/C23H22N4O5S/c1-2-31-14-15-8-3-4-9-16(15)17-10-5-6-11-18(17)19-12-7-13-20(24)21(19)33(29,30)27-22-25-23(28)32-26-22/h3-13H,2,14,24H2,1H3,(H2,25,26,27,28). The number of sulfonamides is 1. The van der Waals surface area contributed by atoms with Gasteiger partial charge < -0.3 is 15.0 Å². The number of benzene rings is 3. The normalized spacial score (nSPS) is 11.4. The Labute approximate surface area is 190 Å². The van der Waals surface area contributed by atoms with E-state index in [9.17, 15) is 13.2 Å². The summed E-state index contributed by atoms with van der Waals surface area (Å²) in [7, 11) is -4.23. The third-order valence-corrected chi connectivity index (χ3v) is 6.42. The van der Waals surface area contributed by atoms with Gasteiger partial charge in [-0.1, -0.05) is 60.7 Å². The second-order valence-corrected chi connectivity index (χ2v) is 8.72. The summed E-state index contributed by atoms with van der Waals surface area (Å²) in [6.07, 6.45) is 0. The summed E-state index contributed by atoms with van der Waals surface area (Å²) in [4.78, 5) is 14.5. The topological polar surface area (TPSA) is 140 Å². The number of aromatic nitrogens is 2. The van der Waals surface area contributed by atoms with E-state index < -0.39 is 15.8 Å². The van der Waals surface area contributed by atoms with E-state index in [4.69, 9.17) is 10.5 Å². The molecule has 1 heterocycles. The lowest BCUT2D eigenvalue weighted by molar-refractivity contribution is 0.134. The lowest BCUT2D eigenvalue weighted by Gasteiger charge is -2.18. The highest BCUT2D eigenvalue weighted by Crippen LogP contribution is 2.39. The molecule has 0 spiro atoms. The van der Waals surface area contributed by atoms with Crippen LogP contribution in [0.2, 0.25) is 0 Å². The zero-order chi connectivity index (χ0) is 23.4. The maximum absolute atomic E-state index is 13.3. The van der Waals surface area contributed by atoms with Crippen molar-refractivity contribution in [3.05, 3.63) is 82.8 Å². The summed E-state index contributed by atoms with van der Waals surface area (Å²) < 4.78 is 38.8. The Morgan fingerprint density at radius 3 is 2.27 bits per heavy atom. The van der Waals surface area contributed by atoms with Crippen LogP contribution in [0, 0.1) is 0 Å². The van der Waals surface area contributed by atoms with Gasteiger partial charge in [-0.25, -0.2) is 17.9 Å². The molecule has 0 fully saturated rings. The molecule has 9 nitrogen and oxygen atoms in total. The fraction of sp³-hybridized carbons (Fsp3) is 0.130. The summed E-state index contributed by atoms with van der Waals surface area (Å²) >= 11 is 0. The second-order valence-electron chi connectivity index (χ2n) is 7.10. The third kappa shape index (κ3) is 4.66. The van der Waals surface area contributed by atoms with Gasteiger partial charge in [0.15, 0.2) is 0 Å². The zero-order valence-electron chi connectivity index (χ0n) is 17.7. The first kappa shape index (κ1) is 22.3. The average Bonchev–Trinajstić information content (AvgIpc) is 3.21. The number of nitrogens with zero attached hydrogens (tertiary/aromatic N) is 1. The molecular weight excluding hydrogens is 444 g/mol. The van der Waals surface area contributed by atoms with Crippen molar-refractivity contribution < 1.29 is 17.7 Å². The minimum atomic E-state index is -4.23. The van der Waals surface area contributed by atoms with Crippen molar-refractivity contribution in [3.63, 3.8) is 0 Å². The van der Waals surface area contributed by atoms with Crippen LogP contribution in [0.25, 0.3) is 22.3 Å². The van der Waals surface area contributed by atoms with E-state index in [0.717, 1.165) is 16.7 Å². The predicted molar refractivity (Wildman–Crippen MR) is 125 cm³/mol. The number of hydrogen-bond donors (Lipinski definition) is 3. The van der Waals surface area contributed by atoms with E-state index in [0.29, 0.717) is 24.3 Å². The number of hydrogen-bond acceptors (Lipinski definition) is 7. The van der Waals surface area contributed by atoms with Gasteiger partial charge in [0, 0.05) is 12.2 Å². The molecule has 0 saturated carbocycles. The molecule has 0 aliphatic carbocycles. The molecule has 4 rings (SSSR count). The van der Waals surface area contributed by atoms with Crippen LogP contribution in [0.5, 0.6) is 0 Å². The van der Waals surface area contributed by atoms with Gasteiger partial charge in [0.25, 0.3) is 10.0 Å². The van der Waals surface area contributed by atoms with Gasteiger partial charge in [0.05, 0.1) is 12.3 Å². The van der Waals surface area contributed by atoms with Crippen LogP contribution < -0.4 is 16.2 Å². The van der Waals surface area contributed by atoms with E-state index in [1.54, 1.807) is 12.1 Å². The number of H-pyrrole nitrogens is 1. The highest BCUT2D eigenvalue weighted by atomic mass is 32.2. The van der Waals surface area contributed by atoms with Crippen LogP contribution in [-0.4, -0.2) is 25.2 Å². The number of nitrogens with two attached hydrogens (primary N) is 1. The molecule has 1 aromatic heterocycles. The number of aromatic amines is 1. The largest absolute Gasteiger partial charge is 0.461 e. The molecule has 170 valence electrons. The Bertz CT molecular complexity index is 1440. The number of anilines is 2. The molecule has 3 aromatic carbocycles. The smallest absolute Gasteiger partial charge is 0.398 e. The van der Waals surface area contributed by atoms with Crippen LogP contribution in [0.1, 0.15) is 12.5 Å². The van der Waals surface area contributed by atoms with Crippen LogP contribution in [-0.2, 0) is 21.4 Å². The van der Waals surface area contributed by atoms with Crippen LogP contribution in [0.3, 0.4) is 0 Å². The SMILES string of the molecule is CCOCc1ccccc1-c1ccccc1-c1cccc(N)c1S(=O)(=O)Nc1nc(=O)o[nH]1. The first-order valence-electron chi connectivity index (χ1n) is 10.1. The number of ether oxygens (including phenoxy) is 1. The molecule has 0 aliphatic heterocycles. The monoisotopic (exact) mass is 466 g/mol. The minimum absolute atomic E-state index is 0.0447. The van der Waals surface area contributed by atoms with E-state index in [2.05, 4.69) is 19.4 Å². The van der Waals surface area contributed by atoms with Gasteiger partial charge in [-0.15, -0.1) is 4.98 Å². The quantitative estimate of drug-likeness (QED) is 0.337. The maximum Gasteiger partial charge on any atom is 0.461 e. The lowest BCUT2D eigenvalue weighted by atomic mass is 9.92. The van der Waals surface area contributed by atoms with E-state index in [-0.39, 0.29) is 16.5 Å². The number of nitrogen functional groups attached to an aromatic ring is 1. The Morgan fingerprint density at radius 2 is 1.61 bits per heavy atom. The predicted octanol–water partition coefficient (Wildman–Crippen LogP) is 3.62. The molecule has 0 bridgehead atoms. The first-order chi connectivity index (χ1) is 15.9. The Kier molecular flexibility index (Phi) is 6.29. The van der Waals surface area contributed by atoms with Gasteiger partial charge in [-0.2, -0.15) is 5.16 Å². The van der Waals surface area contributed by atoms with Crippen LogP contribution in [0.15, 0.2) is 80.9 Å². The van der Waals surface area contributed by atoms with Crippen LogP contribution in [0.4, 0.5) is 11.6 Å². The Hall–Kier alpha value is -3.89. The van der Waals surface area contributed by atoms with Gasteiger partial charge in [-0.3, -0.25) is 0 Å². The zero-order valence-corrected chi connectivity index (χ0v) is 18.6. The average molecular weight is 467 g/mol. The van der Waals surface area contributed by atoms with E-state index >= 15 is 0 Å². The van der Waals surface area contributed by atoms with Crippen molar-refractivity contribution >= 4 is 21.7 Å². The molecular formula is C23H22N4O5S. The third-order valence-electron chi connectivity index (χ3n) is 4.97. The summed E-state index contributed by atoms with van der Waals surface area (Å²) in [5.41, 5.74) is 9.96. The van der Waals surface area contributed by atoms with Gasteiger partial charge in [0.1, 0.15) is 4.90 Å². The van der Waals surface area contributed by atoms with Gasteiger partial charge >= 0.3 is 5.76 Å². The van der Waals surface area contributed by atoms with Crippen molar-refractivity contribution in [2.24, 2.45) is 0 Å². The number of rotatable bonds is 8. The van der Waals surface area contributed by atoms with Crippen molar-refractivity contribution in [2.45, 2.75) is 18.4 Å². The molecule has 4 N–H and O–H groups in total. The van der Waals surface area contributed by atoms with Crippen molar-refractivity contribution in [3.8, 4) is 22.3 Å². The second kappa shape index (κ2) is 9.31. The summed E-state index contributed by atoms with van der Waals surface area (Å²) in [5.74, 6) is -1.30. The Morgan fingerprint density at radius 1 is 0.970 bits per heavy atom. The fourth-order valence-electron chi connectivity index (χ4n) is 3.59. The van der Waals surface area contributed by atoms with Gasteiger partial charge in [-0.05, 0) is 35.2 Å². The first-order valence-corrected chi connectivity index (χ1v) is 11.6. The molecule has 0 unspecified atom stereocenters. The molecule has 0 saturated heterocycles. The molecule has 0 radical (unpaired) electrons. The molecule has 10 heteroatoms. The van der Waals surface area contributed by atoms with Gasteiger partial charge in [0.2, 0.25) is 5.95 Å². The summed E-state index contributed by atoms with van der Waals surface area (Å²) in [6, 6.07) is 20.1. The molecule has 33 heavy (non-hydrogen) atoms. The van der Waals surface area contributed by atoms with Crippen molar-refractivity contribution in [2.75, 3.05) is 17.1 Å². The van der Waals surface area contributed by atoms with E-state index in [1.807, 2.05) is 55.5 Å². The fourth-order valence-corrected chi connectivity index (χ4v) is 4.88. The molecule has 0 atom stereocenters. The Balaban J connectivity index is 1.88. The van der Waals surface area contributed by atoms with E-state index in [1.165, 1.54) is 6.07 Å². The summed E-state index contributed by atoms with van der Waals surface area (Å²) in [5, 5.41) is 2.13. The summed E-state index contributed by atoms with van der Waals surface area (Å²) in [6.45, 7) is 2.92. The molecule has 0 aliphatic rings. The minimum Gasteiger partial charge on any atom is -0.398 e. The lowest BCUT2D eigenvalue weighted by Crippen LogP contribution is -2.17. The molecule has 4 aromatic rings. The van der Waals surface area contributed by atoms with Crippen LogP contribution >= 0.6 is 0 Å².